The van der Waals surface area contributed by atoms with Crippen LogP contribution >= 0.6 is 11.8 Å². The number of carbonyl (C=O) groups excluding carboxylic acids is 1. The number of carbonyl (C=O) groups is 1. The Morgan fingerprint density at radius 2 is 2.04 bits per heavy atom. The summed E-state index contributed by atoms with van der Waals surface area (Å²) in [5, 5.41) is 3.05. The average Bonchev–Trinajstić information content (AvgIpc) is 2.64. The number of amides is 1. The molecule has 8 heteroatoms. The fourth-order valence-electron chi connectivity index (χ4n) is 2.74. The second-order valence-electron chi connectivity index (χ2n) is 6.35. The number of benzene rings is 1. The molecule has 1 aromatic carbocycles. The molecule has 1 aliphatic heterocycles. The summed E-state index contributed by atoms with van der Waals surface area (Å²) in [5.74, 6) is -0.0750. The van der Waals surface area contributed by atoms with Gasteiger partial charge in [-0.05, 0) is 30.9 Å². The summed E-state index contributed by atoms with van der Waals surface area (Å²) in [4.78, 5) is 22.7. The number of aromatic nitrogens is 2. The van der Waals surface area contributed by atoms with Crippen LogP contribution in [0.1, 0.15) is 19.8 Å². The fourth-order valence-corrected chi connectivity index (χ4v) is 3.40. The quantitative estimate of drug-likeness (QED) is 0.635. The monoisotopic (exact) mass is 378 g/mol. The Morgan fingerprint density at radius 1 is 1.27 bits per heavy atom. The predicted octanol–water partition coefficient (Wildman–Crippen LogP) is 3.72. The van der Waals surface area contributed by atoms with Crippen LogP contribution in [0.25, 0.3) is 0 Å². The molecule has 138 valence electrons. The Kier molecular flexibility index (Phi) is 6.03. The van der Waals surface area contributed by atoms with Crippen molar-refractivity contribution >= 4 is 29.2 Å². The molecule has 0 saturated carbocycles. The lowest BCUT2D eigenvalue weighted by molar-refractivity contribution is -0.113. The lowest BCUT2D eigenvalue weighted by Gasteiger charge is -2.31. The van der Waals surface area contributed by atoms with E-state index in [9.17, 15) is 13.6 Å². The van der Waals surface area contributed by atoms with E-state index in [4.69, 9.17) is 0 Å². The number of thioether (sulfide) groups is 1. The van der Waals surface area contributed by atoms with E-state index in [1.165, 1.54) is 18.1 Å². The predicted molar refractivity (Wildman–Crippen MR) is 98.4 cm³/mol. The molecular weight excluding hydrogens is 358 g/mol. The van der Waals surface area contributed by atoms with Crippen molar-refractivity contribution in [1.29, 1.82) is 0 Å². The maximum atomic E-state index is 13.6. The largest absolute Gasteiger partial charge is 0.356 e. The Labute approximate surface area is 155 Å². The van der Waals surface area contributed by atoms with Gasteiger partial charge < -0.3 is 10.2 Å². The van der Waals surface area contributed by atoms with Crippen molar-refractivity contribution < 1.29 is 13.6 Å². The van der Waals surface area contributed by atoms with Crippen LogP contribution in [-0.2, 0) is 4.79 Å². The first-order chi connectivity index (χ1) is 12.5. The van der Waals surface area contributed by atoms with Crippen molar-refractivity contribution in [3.63, 3.8) is 0 Å². The van der Waals surface area contributed by atoms with Crippen LogP contribution in [0.3, 0.4) is 0 Å². The van der Waals surface area contributed by atoms with Gasteiger partial charge in [0.2, 0.25) is 5.91 Å². The Hall–Kier alpha value is -2.22. The standard InChI is InChI=1S/C18H20F2N4OS/c1-12-4-6-24(7-5-12)16-9-18(22-11-21-16)26-10-17(25)23-15-8-13(19)2-3-14(15)20/h2-3,8-9,11-12H,4-7,10H2,1H3,(H,23,25). The molecule has 1 N–H and O–H groups in total. The number of anilines is 2. The van der Waals surface area contributed by atoms with Gasteiger partial charge in [0.25, 0.3) is 0 Å². The molecule has 1 amide bonds. The fraction of sp³-hybridized carbons (Fsp3) is 0.389. The van der Waals surface area contributed by atoms with Gasteiger partial charge in [0.05, 0.1) is 11.4 Å². The molecule has 3 rings (SSSR count). The molecule has 1 fully saturated rings. The molecule has 1 aliphatic rings. The van der Waals surface area contributed by atoms with Crippen LogP contribution in [0.4, 0.5) is 20.3 Å². The maximum absolute atomic E-state index is 13.6. The zero-order valence-corrected chi connectivity index (χ0v) is 15.2. The third kappa shape index (κ3) is 4.91. The van der Waals surface area contributed by atoms with Crippen molar-refractivity contribution in [2.24, 2.45) is 5.92 Å². The number of hydrogen-bond donors (Lipinski definition) is 1. The number of piperidine rings is 1. The third-order valence-corrected chi connectivity index (χ3v) is 5.21. The minimum Gasteiger partial charge on any atom is -0.356 e. The van der Waals surface area contributed by atoms with Crippen LogP contribution < -0.4 is 10.2 Å². The number of hydrogen-bond acceptors (Lipinski definition) is 5. The van der Waals surface area contributed by atoms with Crippen LogP contribution in [0.5, 0.6) is 0 Å². The van der Waals surface area contributed by atoms with Crippen molar-refractivity contribution in [3.05, 3.63) is 42.2 Å². The van der Waals surface area contributed by atoms with E-state index in [0.29, 0.717) is 5.03 Å². The summed E-state index contributed by atoms with van der Waals surface area (Å²) < 4.78 is 26.7. The van der Waals surface area contributed by atoms with Gasteiger partial charge in [-0.1, -0.05) is 18.7 Å². The topological polar surface area (TPSA) is 58.1 Å². The van der Waals surface area contributed by atoms with E-state index in [1.807, 2.05) is 6.07 Å². The van der Waals surface area contributed by atoms with Crippen molar-refractivity contribution in [3.8, 4) is 0 Å². The average molecular weight is 378 g/mol. The van der Waals surface area contributed by atoms with Gasteiger partial charge in [-0.15, -0.1) is 0 Å². The number of rotatable bonds is 5. The molecule has 26 heavy (non-hydrogen) atoms. The molecule has 0 atom stereocenters. The number of nitrogens with one attached hydrogen (secondary N) is 1. The van der Waals surface area contributed by atoms with Gasteiger partial charge in [0.15, 0.2) is 0 Å². The lowest BCUT2D eigenvalue weighted by Crippen LogP contribution is -2.33. The summed E-state index contributed by atoms with van der Waals surface area (Å²) >= 11 is 1.23. The molecule has 0 radical (unpaired) electrons. The van der Waals surface area contributed by atoms with Gasteiger partial charge in [-0.25, -0.2) is 18.7 Å². The van der Waals surface area contributed by atoms with Crippen molar-refractivity contribution in [2.75, 3.05) is 29.1 Å². The highest BCUT2D eigenvalue weighted by Gasteiger charge is 2.17. The van der Waals surface area contributed by atoms with E-state index < -0.39 is 17.5 Å². The van der Waals surface area contributed by atoms with Gasteiger partial charge in [0, 0.05) is 25.2 Å². The molecule has 2 heterocycles. The summed E-state index contributed by atoms with van der Waals surface area (Å²) in [6.07, 6.45) is 3.75. The van der Waals surface area contributed by atoms with Gasteiger partial charge in [-0.3, -0.25) is 4.79 Å². The van der Waals surface area contributed by atoms with Crippen LogP contribution in [-0.4, -0.2) is 34.7 Å². The molecule has 0 unspecified atom stereocenters. The second kappa shape index (κ2) is 8.44. The first-order valence-electron chi connectivity index (χ1n) is 8.46. The summed E-state index contributed by atoms with van der Waals surface area (Å²) in [5.41, 5.74) is -0.165. The van der Waals surface area contributed by atoms with E-state index in [1.54, 1.807) is 0 Å². The SMILES string of the molecule is CC1CCN(c2cc(SCC(=O)Nc3cc(F)ccc3F)ncn2)CC1. The minimum atomic E-state index is -0.673. The highest BCUT2D eigenvalue weighted by atomic mass is 32.2. The highest BCUT2D eigenvalue weighted by Crippen LogP contribution is 2.24. The molecule has 0 aliphatic carbocycles. The minimum absolute atomic E-state index is 0.0451. The van der Waals surface area contributed by atoms with E-state index in [0.717, 1.165) is 55.9 Å². The molecule has 5 nitrogen and oxygen atoms in total. The summed E-state index contributed by atoms with van der Waals surface area (Å²) in [6, 6.07) is 4.80. The number of nitrogens with zero attached hydrogens (tertiary/aromatic N) is 3. The molecule has 0 spiro atoms. The molecule has 1 saturated heterocycles. The summed E-state index contributed by atoms with van der Waals surface area (Å²) in [6.45, 7) is 4.17. The Balaban J connectivity index is 1.56. The van der Waals surface area contributed by atoms with Gasteiger partial charge in [0.1, 0.15) is 28.8 Å². The zero-order chi connectivity index (χ0) is 18.5. The molecular formula is C18H20F2N4OS. The smallest absolute Gasteiger partial charge is 0.234 e. The molecule has 0 bridgehead atoms. The highest BCUT2D eigenvalue weighted by molar-refractivity contribution is 7.99. The third-order valence-electron chi connectivity index (χ3n) is 4.29. The van der Waals surface area contributed by atoms with Gasteiger partial charge in [-0.2, -0.15) is 0 Å². The molecule has 2 aromatic rings. The normalized spacial score (nSPS) is 15.1. The van der Waals surface area contributed by atoms with Crippen molar-refractivity contribution in [1.82, 2.24) is 9.97 Å². The second-order valence-corrected chi connectivity index (χ2v) is 7.34. The first-order valence-corrected chi connectivity index (χ1v) is 9.44. The van der Waals surface area contributed by atoms with Crippen LogP contribution in [0, 0.1) is 17.6 Å². The zero-order valence-electron chi connectivity index (χ0n) is 14.4. The van der Waals surface area contributed by atoms with E-state index in [2.05, 4.69) is 27.1 Å². The first kappa shape index (κ1) is 18.6. The Bertz CT molecular complexity index is 782. The lowest BCUT2D eigenvalue weighted by atomic mass is 9.99. The van der Waals surface area contributed by atoms with Crippen molar-refractivity contribution in [2.45, 2.75) is 24.8 Å². The number of halogens is 2. The van der Waals surface area contributed by atoms with Gasteiger partial charge >= 0.3 is 0 Å². The maximum Gasteiger partial charge on any atom is 0.234 e. The van der Waals surface area contributed by atoms with Crippen LogP contribution in [0.2, 0.25) is 0 Å². The summed E-state index contributed by atoms with van der Waals surface area (Å²) in [7, 11) is 0. The van der Waals surface area contributed by atoms with E-state index >= 15 is 0 Å². The van der Waals surface area contributed by atoms with Crippen LogP contribution in [0.15, 0.2) is 35.6 Å². The molecule has 1 aromatic heterocycles. The Morgan fingerprint density at radius 3 is 2.81 bits per heavy atom. The van der Waals surface area contributed by atoms with E-state index in [-0.39, 0.29) is 11.4 Å².